The van der Waals surface area contributed by atoms with E-state index >= 15 is 0 Å². The van der Waals surface area contributed by atoms with Crippen LogP contribution in [0.25, 0.3) is 0 Å². The summed E-state index contributed by atoms with van der Waals surface area (Å²) in [4.78, 5) is 16.5. The van der Waals surface area contributed by atoms with Gasteiger partial charge in [-0.2, -0.15) is 0 Å². The largest absolute Gasteiger partial charge is 0.356 e. The number of rotatable bonds is 8. The van der Waals surface area contributed by atoms with Crippen molar-refractivity contribution in [2.75, 3.05) is 45.8 Å². The lowest BCUT2D eigenvalue weighted by atomic mass is 10.2. The average molecular weight is 380 g/mol. The van der Waals surface area contributed by atoms with Crippen molar-refractivity contribution < 1.29 is 4.79 Å². The molecule has 1 fully saturated rings. The molecule has 0 bridgehead atoms. The second-order valence-electron chi connectivity index (χ2n) is 5.50. The van der Waals surface area contributed by atoms with E-state index in [9.17, 15) is 4.79 Å². The van der Waals surface area contributed by atoms with Crippen molar-refractivity contribution in [3.05, 3.63) is 0 Å². The lowest BCUT2D eigenvalue weighted by Gasteiger charge is -2.33. The van der Waals surface area contributed by atoms with Gasteiger partial charge in [0.2, 0.25) is 5.91 Å². The van der Waals surface area contributed by atoms with Crippen LogP contribution in [0, 0.1) is 0 Å². The monoisotopic (exact) mass is 378 g/mol. The number of likely N-dealkylation sites (N-methyl/N-ethyl adjacent to an activating group) is 1. The number of nitrogens with two attached hydrogens (primary N) is 1. The van der Waals surface area contributed by atoms with E-state index in [1.54, 1.807) is 0 Å². The highest BCUT2D eigenvalue weighted by Crippen LogP contribution is 2.01. The van der Waals surface area contributed by atoms with Crippen molar-refractivity contribution in [2.24, 2.45) is 5.73 Å². The zero-order valence-corrected chi connectivity index (χ0v) is 16.2. The topological polar surface area (TPSA) is 61.6 Å². The maximum Gasteiger partial charge on any atom is 0.220 e. The number of carbonyl (C=O) groups is 1. The van der Waals surface area contributed by atoms with Gasteiger partial charge in [-0.1, -0.05) is 6.92 Å². The number of hydrogen-bond acceptors (Lipinski definition) is 4. The maximum atomic E-state index is 11.5. The smallest absolute Gasteiger partial charge is 0.220 e. The molecule has 136 valence electrons. The minimum Gasteiger partial charge on any atom is -0.356 e. The summed E-state index contributed by atoms with van der Waals surface area (Å²) in [7, 11) is 0. The summed E-state index contributed by atoms with van der Waals surface area (Å²) in [6.45, 7) is 11.9. The van der Waals surface area contributed by atoms with Gasteiger partial charge >= 0.3 is 0 Å². The fourth-order valence-electron chi connectivity index (χ4n) is 2.31. The van der Waals surface area contributed by atoms with Crippen LogP contribution in [0.4, 0.5) is 0 Å². The number of amides is 1. The van der Waals surface area contributed by atoms with Gasteiger partial charge in [-0.25, -0.2) is 0 Å². The SMILES string of the molecule is CCN1CCN(CCCNC(=O)CCC(C)N)CC1.Cl.Cl.Cl. The highest BCUT2D eigenvalue weighted by molar-refractivity contribution is 5.86. The first kappa shape index (κ1) is 27.1. The Morgan fingerprint density at radius 2 is 1.68 bits per heavy atom. The van der Waals surface area contributed by atoms with Gasteiger partial charge in [0, 0.05) is 45.2 Å². The normalized spacial score (nSPS) is 16.7. The highest BCUT2D eigenvalue weighted by atomic mass is 35.5. The van der Waals surface area contributed by atoms with Crippen LogP contribution >= 0.6 is 37.2 Å². The summed E-state index contributed by atoms with van der Waals surface area (Å²) in [5.41, 5.74) is 5.63. The molecule has 8 heteroatoms. The molecule has 1 aliphatic heterocycles. The quantitative estimate of drug-likeness (QED) is 0.628. The molecular weight excluding hydrogens is 347 g/mol. The predicted molar refractivity (Wildman–Crippen MR) is 101 cm³/mol. The van der Waals surface area contributed by atoms with Crippen LogP contribution in [0.2, 0.25) is 0 Å². The van der Waals surface area contributed by atoms with E-state index in [1.165, 1.54) is 13.1 Å². The van der Waals surface area contributed by atoms with Gasteiger partial charge in [0.15, 0.2) is 0 Å². The summed E-state index contributed by atoms with van der Waals surface area (Å²) in [6, 6.07) is 0.112. The van der Waals surface area contributed by atoms with E-state index in [-0.39, 0.29) is 49.2 Å². The molecule has 0 aromatic carbocycles. The molecule has 0 radical (unpaired) electrons. The fourth-order valence-corrected chi connectivity index (χ4v) is 2.31. The second kappa shape index (κ2) is 16.1. The molecule has 1 aliphatic rings. The molecule has 1 amide bonds. The van der Waals surface area contributed by atoms with Crippen molar-refractivity contribution >= 4 is 43.1 Å². The van der Waals surface area contributed by atoms with E-state index in [1.807, 2.05) is 6.92 Å². The number of nitrogens with zero attached hydrogens (tertiary/aromatic N) is 2. The average Bonchev–Trinajstić information content (AvgIpc) is 2.42. The Balaban J connectivity index is -0.00000120. The van der Waals surface area contributed by atoms with Crippen molar-refractivity contribution in [1.82, 2.24) is 15.1 Å². The first-order valence-electron chi connectivity index (χ1n) is 7.58. The minimum absolute atomic E-state index is 0. The Labute approximate surface area is 154 Å². The number of carbonyl (C=O) groups excluding carboxylic acids is 1. The third-order valence-corrected chi connectivity index (χ3v) is 3.71. The van der Waals surface area contributed by atoms with E-state index < -0.39 is 0 Å². The Morgan fingerprint density at radius 3 is 2.18 bits per heavy atom. The van der Waals surface area contributed by atoms with Crippen LogP contribution in [0.3, 0.4) is 0 Å². The van der Waals surface area contributed by atoms with Crippen molar-refractivity contribution in [3.63, 3.8) is 0 Å². The minimum atomic E-state index is 0. The first-order valence-corrected chi connectivity index (χ1v) is 7.58. The summed E-state index contributed by atoms with van der Waals surface area (Å²) >= 11 is 0. The zero-order valence-electron chi connectivity index (χ0n) is 13.8. The predicted octanol–water partition coefficient (Wildman–Crippen LogP) is 1.52. The van der Waals surface area contributed by atoms with Crippen LogP contribution in [-0.2, 0) is 4.79 Å². The molecule has 1 heterocycles. The third-order valence-electron chi connectivity index (χ3n) is 3.71. The summed E-state index contributed by atoms with van der Waals surface area (Å²) < 4.78 is 0. The Hall–Kier alpha value is 0.220. The zero-order chi connectivity index (χ0) is 14.1. The standard InChI is InChI=1S/C14H30N4O.3ClH/c1-3-17-9-11-18(12-10-17)8-4-7-16-14(19)6-5-13(2)15;;;/h13H,3-12,15H2,1-2H3,(H,16,19);3*1H. The molecule has 0 saturated carbocycles. The molecule has 3 N–H and O–H groups in total. The Bertz CT molecular complexity index is 262. The second-order valence-corrected chi connectivity index (χ2v) is 5.50. The molecule has 1 atom stereocenters. The van der Waals surface area contributed by atoms with Crippen LogP contribution in [0.5, 0.6) is 0 Å². The first-order chi connectivity index (χ1) is 9.11. The van der Waals surface area contributed by atoms with E-state index in [2.05, 4.69) is 22.0 Å². The fraction of sp³-hybridized carbons (Fsp3) is 0.929. The Kier molecular flexibility index (Phi) is 19.8. The van der Waals surface area contributed by atoms with E-state index in [0.717, 1.165) is 45.6 Å². The lowest BCUT2D eigenvalue weighted by Crippen LogP contribution is -2.46. The molecule has 0 aliphatic carbocycles. The van der Waals surface area contributed by atoms with Gasteiger partial charge in [-0.05, 0) is 32.9 Å². The van der Waals surface area contributed by atoms with E-state index in [4.69, 9.17) is 5.73 Å². The van der Waals surface area contributed by atoms with Crippen molar-refractivity contribution in [3.8, 4) is 0 Å². The van der Waals surface area contributed by atoms with Gasteiger partial charge < -0.3 is 20.9 Å². The summed E-state index contributed by atoms with van der Waals surface area (Å²) in [5, 5.41) is 2.97. The molecular formula is C14H33Cl3N4O. The number of halogens is 3. The highest BCUT2D eigenvalue weighted by Gasteiger charge is 2.14. The molecule has 0 aromatic rings. The summed E-state index contributed by atoms with van der Waals surface area (Å²) in [5.74, 6) is 0.133. The number of piperazine rings is 1. The number of nitrogens with one attached hydrogen (secondary N) is 1. The molecule has 1 saturated heterocycles. The van der Waals surface area contributed by atoms with Crippen LogP contribution < -0.4 is 11.1 Å². The molecule has 1 rings (SSSR count). The maximum absolute atomic E-state index is 11.5. The molecule has 0 spiro atoms. The molecule has 1 unspecified atom stereocenters. The van der Waals surface area contributed by atoms with Crippen LogP contribution in [-0.4, -0.2) is 67.6 Å². The third kappa shape index (κ3) is 12.7. The van der Waals surface area contributed by atoms with Crippen LogP contribution in [0.15, 0.2) is 0 Å². The van der Waals surface area contributed by atoms with Gasteiger partial charge in [0.05, 0.1) is 0 Å². The molecule has 22 heavy (non-hydrogen) atoms. The summed E-state index contributed by atoms with van der Waals surface area (Å²) in [6.07, 6.45) is 2.35. The number of hydrogen-bond donors (Lipinski definition) is 2. The molecule has 0 aromatic heterocycles. The van der Waals surface area contributed by atoms with Gasteiger partial charge in [-0.15, -0.1) is 37.2 Å². The van der Waals surface area contributed by atoms with Gasteiger partial charge in [0.25, 0.3) is 0 Å². The lowest BCUT2D eigenvalue weighted by molar-refractivity contribution is -0.121. The van der Waals surface area contributed by atoms with E-state index in [0.29, 0.717) is 6.42 Å². The molecule has 5 nitrogen and oxygen atoms in total. The van der Waals surface area contributed by atoms with Gasteiger partial charge in [-0.3, -0.25) is 4.79 Å². The van der Waals surface area contributed by atoms with Crippen molar-refractivity contribution in [1.29, 1.82) is 0 Å². The van der Waals surface area contributed by atoms with Crippen molar-refractivity contribution in [2.45, 2.75) is 39.2 Å². The van der Waals surface area contributed by atoms with Gasteiger partial charge in [0.1, 0.15) is 0 Å². The van der Waals surface area contributed by atoms with Crippen LogP contribution in [0.1, 0.15) is 33.1 Å². The Morgan fingerprint density at radius 1 is 1.14 bits per heavy atom.